The van der Waals surface area contributed by atoms with Gasteiger partial charge < -0.3 is 9.84 Å². The summed E-state index contributed by atoms with van der Waals surface area (Å²) in [4.78, 5) is 4.45. The lowest BCUT2D eigenvalue weighted by Gasteiger charge is -2.24. The van der Waals surface area contributed by atoms with Crippen LogP contribution in [0.15, 0.2) is 59.6 Å². The molecule has 0 bridgehead atoms. The fourth-order valence-corrected chi connectivity index (χ4v) is 5.18. The van der Waals surface area contributed by atoms with Crippen LogP contribution < -0.4 is 0 Å². The van der Waals surface area contributed by atoms with Gasteiger partial charge in [-0.05, 0) is 55.5 Å². The van der Waals surface area contributed by atoms with Gasteiger partial charge in [-0.15, -0.1) is 0 Å². The molecule has 1 aromatic carbocycles. The van der Waals surface area contributed by atoms with Gasteiger partial charge in [0.1, 0.15) is 0 Å². The predicted molar refractivity (Wildman–Crippen MR) is 102 cm³/mol. The molecule has 7 heteroatoms. The van der Waals surface area contributed by atoms with Crippen LogP contribution in [-0.4, -0.2) is 35.7 Å². The van der Waals surface area contributed by atoms with E-state index >= 15 is 0 Å². The van der Waals surface area contributed by atoms with E-state index in [2.05, 4.69) is 4.98 Å². The Labute approximate surface area is 158 Å². The van der Waals surface area contributed by atoms with Crippen LogP contribution in [0, 0.1) is 5.92 Å². The van der Waals surface area contributed by atoms with Crippen molar-refractivity contribution in [3.63, 3.8) is 0 Å². The van der Waals surface area contributed by atoms with E-state index in [0.717, 1.165) is 12.8 Å². The Morgan fingerprint density at radius 3 is 2.63 bits per heavy atom. The fourth-order valence-electron chi connectivity index (χ4n) is 3.63. The quantitative estimate of drug-likeness (QED) is 0.729. The van der Waals surface area contributed by atoms with Crippen molar-refractivity contribution >= 4 is 21.1 Å². The highest BCUT2D eigenvalue weighted by Crippen LogP contribution is 2.33. The van der Waals surface area contributed by atoms with Crippen LogP contribution in [-0.2, 0) is 14.8 Å². The summed E-state index contributed by atoms with van der Waals surface area (Å²) >= 11 is 0. The van der Waals surface area contributed by atoms with Crippen molar-refractivity contribution in [2.24, 2.45) is 5.92 Å². The number of ether oxygens (including phenoxy) is 1. The van der Waals surface area contributed by atoms with Crippen LogP contribution in [0.25, 0.3) is 11.0 Å². The van der Waals surface area contributed by atoms with Gasteiger partial charge in [-0.2, -0.15) is 0 Å². The molecule has 3 heterocycles. The summed E-state index contributed by atoms with van der Waals surface area (Å²) in [7, 11) is -3.87. The number of hydrogen-bond donors (Lipinski definition) is 1. The summed E-state index contributed by atoms with van der Waals surface area (Å²) in [5, 5.41) is 11.6. The van der Waals surface area contributed by atoms with Crippen molar-refractivity contribution < 1.29 is 18.3 Å². The van der Waals surface area contributed by atoms with Crippen LogP contribution >= 0.6 is 0 Å². The van der Waals surface area contributed by atoms with E-state index in [-0.39, 0.29) is 4.90 Å². The molecule has 1 fully saturated rings. The van der Waals surface area contributed by atoms with Gasteiger partial charge >= 0.3 is 0 Å². The molecule has 2 aromatic heterocycles. The fraction of sp³-hybridized carbons (Fsp3) is 0.350. The highest BCUT2D eigenvalue weighted by molar-refractivity contribution is 7.90. The maximum atomic E-state index is 13.3. The average molecular weight is 386 g/mol. The minimum atomic E-state index is -3.87. The summed E-state index contributed by atoms with van der Waals surface area (Å²) in [6.45, 7) is 1.37. The van der Waals surface area contributed by atoms with Gasteiger partial charge in [0.05, 0.1) is 16.7 Å². The molecule has 4 rings (SSSR count). The molecule has 0 aliphatic carbocycles. The van der Waals surface area contributed by atoms with Crippen LogP contribution in [0.5, 0.6) is 0 Å². The average Bonchev–Trinajstić information content (AvgIpc) is 3.10. The summed E-state index contributed by atoms with van der Waals surface area (Å²) in [6.07, 6.45) is 2.93. The number of aliphatic hydroxyl groups is 1. The van der Waals surface area contributed by atoms with Gasteiger partial charge in [-0.1, -0.05) is 18.2 Å². The molecule has 1 aliphatic rings. The minimum absolute atomic E-state index is 0.174. The van der Waals surface area contributed by atoms with E-state index in [1.165, 1.54) is 3.97 Å². The lowest BCUT2D eigenvalue weighted by atomic mass is 9.92. The van der Waals surface area contributed by atoms with E-state index in [9.17, 15) is 13.5 Å². The molecule has 0 radical (unpaired) electrons. The summed E-state index contributed by atoms with van der Waals surface area (Å²) in [5.41, 5.74) is 0.696. The predicted octanol–water partition coefficient (Wildman–Crippen LogP) is 3.12. The van der Waals surface area contributed by atoms with Crippen molar-refractivity contribution in [3.05, 3.63) is 60.4 Å². The zero-order valence-electron chi connectivity index (χ0n) is 14.9. The van der Waals surface area contributed by atoms with Crippen molar-refractivity contribution in [1.82, 2.24) is 8.96 Å². The van der Waals surface area contributed by atoms with E-state index < -0.39 is 16.1 Å². The normalized spacial score (nSPS) is 17.2. The molecule has 0 unspecified atom stereocenters. The second-order valence-corrected chi connectivity index (χ2v) is 8.66. The highest BCUT2D eigenvalue weighted by Gasteiger charge is 2.28. The SMILES string of the molecule is O=S(=O)(c1ccccc1)n1c([C@@H](O)CC2CCOCC2)cc2cccnc21. The number of hydrogen-bond acceptors (Lipinski definition) is 5. The van der Waals surface area contributed by atoms with E-state index in [4.69, 9.17) is 4.74 Å². The molecule has 1 atom stereocenters. The first kappa shape index (κ1) is 18.2. The molecule has 27 heavy (non-hydrogen) atoms. The highest BCUT2D eigenvalue weighted by atomic mass is 32.2. The molecular weight excluding hydrogens is 364 g/mol. The van der Waals surface area contributed by atoms with Gasteiger partial charge in [0.15, 0.2) is 5.65 Å². The van der Waals surface area contributed by atoms with Crippen LogP contribution in [0.1, 0.15) is 31.1 Å². The summed E-state index contributed by atoms with van der Waals surface area (Å²) in [5.74, 6) is 0.313. The second-order valence-electron chi connectivity index (χ2n) is 6.88. The van der Waals surface area contributed by atoms with Gasteiger partial charge in [0, 0.05) is 24.8 Å². The van der Waals surface area contributed by atoms with Crippen molar-refractivity contribution in [3.8, 4) is 0 Å². The van der Waals surface area contributed by atoms with Crippen molar-refractivity contribution in [2.45, 2.75) is 30.3 Å². The maximum Gasteiger partial charge on any atom is 0.269 e. The number of nitrogens with zero attached hydrogens (tertiary/aromatic N) is 2. The first-order chi connectivity index (χ1) is 13.1. The largest absolute Gasteiger partial charge is 0.387 e. The van der Waals surface area contributed by atoms with E-state index in [0.29, 0.717) is 42.3 Å². The molecule has 3 aromatic rings. The molecule has 0 spiro atoms. The van der Waals surface area contributed by atoms with Gasteiger partial charge in [-0.3, -0.25) is 0 Å². The number of aromatic nitrogens is 2. The van der Waals surface area contributed by atoms with Gasteiger partial charge in [0.25, 0.3) is 10.0 Å². The number of fused-ring (bicyclic) bond motifs is 1. The maximum absolute atomic E-state index is 13.3. The Morgan fingerprint density at radius 1 is 1.15 bits per heavy atom. The molecule has 1 aliphatic heterocycles. The minimum Gasteiger partial charge on any atom is -0.387 e. The number of benzene rings is 1. The zero-order valence-corrected chi connectivity index (χ0v) is 15.7. The molecule has 6 nitrogen and oxygen atoms in total. The Kier molecular flexibility index (Phi) is 4.99. The van der Waals surface area contributed by atoms with E-state index in [1.54, 1.807) is 48.7 Å². The Bertz CT molecular complexity index is 1020. The lowest BCUT2D eigenvalue weighted by molar-refractivity contribution is 0.0426. The van der Waals surface area contributed by atoms with E-state index in [1.807, 2.05) is 6.07 Å². The number of rotatable bonds is 5. The standard InChI is InChI=1S/C20H22N2O4S/c23-19(13-15-8-11-26-12-9-15)18-14-16-5-4-10-21-20(16)22(18)27(24,25)17-6-2-1-3-7-17/h1-7,10,14-15,19,23H,8-9,11-13H2/t19-/m0/s1. The summed E-state index contributed by atoms with van der Waals surface area (Å²) < 4.78 is 33.2. The zero-order chi connectivity index (χ0) is 18.9. The smallest absolute Gasteiger partial charge is 0.269 e. The topological polar surface area (TPSA) is 81.4 Å². The number of aliphatic hydroxyl groups excluding tert-OH is 1. The van der Waals surface area contributed by atoms with Crippen LogP contribution in [0.2, 0.25) is 0 Å². The first-order valence-corrected chi connectivity index (χ1v) is 10.5. The summed E-state index contributed by atoms with van der Waals surface area (Å²) in [6, 6.07) is 13.5. The molecular formula is C20H22N2O4S. The Balaban J connectivity index is 1.80. The molecule has 1 N–H and O–H groups in total. The molecule has 0 amide bonds. The lowest BCUT2D eigenvalue weighted by Crippen LogP contribution is -2.21. The Morgan fingerprint density at radius 2 is 1.89 bits per heavy atom. The Hall–Kier alpha value is -2.22. The van der Waals surface area contributed by atoms with Crippen molar-refractivity contribution in [1.29, 1.82) is 0 Å². The van der Waals surface area contributed by atoms with Crippen LogP contribution in [0.3, 0.4) is 0 Å². The van der Waals surface area contributed by atoms with Gasteiger partial charge in [0.2, 0.25) is 0 Å². The third kappa shape index (κ3) is 3.50. The molecule has 1 saturated heterocycles. The first-order valence-electron chi connectivity index (χ1n) is 9.10. The van der Waals surface area contributed by atoms with Crippen LogP contribution in [0.4, 0.5) is 0 Å². The monoisotopic (exact) mass is 386 g/mol. The molecule has 142 valence electrons. The third-order valence-corrected chi connectivity index (χ3v) is 6.80. The number of pyridine rings is 1. The van der Waals surface area contributed by atoms with Crippen molar-refractivity contribution in [2.75, 3.05) is 13.2 Å². The third-order valence-electron chi connectivity index (χ3n) is 5.07. The van der Waals surface area contributed by atoms with Gasteiger partial charge in [-0.25, -0.2) is 17.4 Å². The molecule has 0 saturated carbocycles. The second kappa shape index (κ2) is 7.42.